The van der Waals surface area contributed by atoms with Crippen LogP contribution in [0.25, 0.3) is 0 Å². The first-order chi connectivity index (χ1) is 7.07. The van der Waals surface area contributed by atoms with Crippen LogP contribution in [0.3, 0.4) is 0 Å². The van der Waals surface area contributed by atoms with Crippen LogP contribution in [-0.4, -0.2) is 49.4 Å². The van der Waals surface area contributed by atoms with Gasteiger partial charge in [-0.25, -0.2) is 0 Å². The van der Waals surface area contributed by atoms with Gasteiger partial charge in [-0.2, -0.15) is 0 Å². The molecule has 0 saturated carbocycles. The average molecular weight is 250 g/mol. The Balaban J connectivity index is 0.00000225. The molecule has 2 N–H and O–H groups in total. The van der Waals surface area contributed by atoms with Crippen LogP contribution in [0.1, 0.15) is 13.8 Å². The molecule has 6 heteroatoms. The van der Waals surface area contributed by atoms with Crippen molar-refractivity contribution in [2.24, 2.45) is 5.92 Å². The van der Waals surface area contributed by atoms with Crippen LogP contribution in [0.4, 0.5) is 0 Å². The Labute approximate surface area is 102 Å². The van der Waals surface area contributed by atoms with Crippen molar-refractivity contribution in [2.75, 3.05) is 26.7 Å². The van der Waals surface area contributed by atoms with Gasteiger partial charge in [-0.1, -0.05) is 6.92 Å². The summed E-state index contributed by atoms with van der Waals surface area (Å²) in [6, 6.07) is -0.342. The van der Waals surface area contributed by atoms with Crippen LogP contribution in [-0.2, 0) is 9.59 Å². The fraction of sp³-hybridized carbons (Fsp3) is 0.800. The van der Waals surface area contributed by atoms with Gasteiger partial charge in [0.2, 0.25) is 11.8 Å². The van der Waals surface area contributed by atoms with E-state index < -0.39 is 0 Å². The third-order valence-corrected chi connectivity index (χ3v) is 2.71. The fourth-order valence-corrected chi connectivity index (χ4v) is 1.76. The van der Waals surface area contributed by atoms with Crippen molar-refractivity contribution in [3.63, 3.8) is 0 Å². The number of halogens is 1. The van der Waals surface area contributed by atoms with E-state index in [-0.39, 0.29) is 36.2 Å². The molecule has 1 fully saturated rings. The Hall–Kier alpha value is -0.810. The maximum Gasteiger partial charge on any atom is 0.242 e. The molecular weight excluding hydrogens is 230 g/mol. The maximum atomic E-state index is 11.9. The normalized spacial score (nSPS) is 22.1. The van der Waals surface area contributed by atoms with Gasteiger partial charge < -0.3 is 15.5 Å². The first kappa shape index (κ1) is 15.2. The van der Waals surface area contributed by atoms with Gasteiger partial charge in [0.05, 0.1) is 0 Å². The van der Waals surface area contributed by atoms with E-state index in [1.54, 1.807) is 11.8 Å². The molecule has 5 nitrogen and oxygen atoms in total. The van der Waals surface area contributed by atoms with Crippen LogP contribution in [0.15, 0.2) is 0 Å². The predicted molar refractivity (Wildman–Crippen MR) is 64.5 cm³/mol. The highest BCUT2D eigenvalue weighted by molar-refractivity contribution is 5.89. The van der Waals surface area contributed by atoms with E-state index in [0.717, 1.165) is 0 Å². The van der Waals surface area contributed by atoms with Gasteiger partial charge in [-0.3, -0.25) is 9.59 Å². The minimum absolute atomic E-state index is 0. The molecule has 1 aliphatic rings. The third kappa shape index (κ3) is 3.35. The van der Waals surface area contributed by atoms with Gasteiger partial charge in [0.15, 0.2) is 0 Å². The molecule has 94 valence electrons. The zero-order valence-corrected chi connectivity index (χ0v) is 10.8. The first-order valence-electron chi connectivity index (χ1n) is 5.30. The van der Waals surface area contributed by atoms with Gasteiger partial charge in [0.25, 0.3) is 0 Å². The summed E-state index contributed by atoms with van der Waals surface area (Å²) in [5, 5.41) is 5.70. The molecule has 0 radical (unpaired) electrons. The van der Waals surface area contributed by atoms with Crippen molar-refractivity contribution in [1.82, 2.24) is 15.5 Å². The lowest BCUT2D eigenvalue weighted by Gasteiger charge is -2.34. The fourth-order valence-electron chi connectivity index (χ4n) is 1.76. The number of nitrogens with one attached hydrogen (secondary N) is 2. The number of amides is 2. The highest BCUT2D eigenvalue weighted by Gasteiger charge is 2.31. The standard InChI is InChI=1S/C10H19N3O2.ClH/c1-7(6-11-3)10(15)13-5-4-12-9(14)8(13)2;/h7-8,11H,4-6H2,1-3H3,(H,12,14);1H. The van der Waals surface area contributed by atoms with Crippen LogP contribution in [0, 0.1) is 5.92 Å². The second kappa shape index (κ2) is 6.70. The van der Waals surface area contributed by atoms with Crippen LogP contribution >= 0.6 is 12.4 Å². The Morgan fingerprint density at radius 1 is 1.69 bits per heavy atom. The van der Waals surface area contributed by atoms with Gasteiger partial charge in [-0.05, 0) is 14.0 Å². The molecule has 1 heterocycles. The minimum Gasteiger partial charge on any atom is -0.353 e. The van der Waals surface area contributed by atoms with Crippen LogP contribution < -0.4 is 10.6 Å². The summed E-state index contributed by atoms with van der Waals surface area (Å²) < 4.78 is 0. The van der Waals surface area contributed by atoms with Gasteiger partial charge in [0, 0.05) is 25.6 Å². The predicted octanol–water partition coefficient (Wildman–Crippen LogP) is -0.389. The summed E-state index contributed by atoms with van der Waals surface area (Å²) in [6.07, 6.45) is 0. The molecule has 1 aliphatic heterocycles. The SMILES string of the molecule is CNCC(C)C(=O)N1CCNC(=O)C1C.Cl. The van der Waals surface area contributed by atoms with E-state index in [0.29, 0.717) is 19.6 Å². The van der Waals surface area contributed by atoms with E-state index in [1.165, 1.54) is 0 Å². The molecule has 0 aromatic heterocycles. The number of hydrogen-bond acceptors (Lipinski definition) is 3. The zero-order valence-electron chi connectivity index (χ0n) is 9.95. The van der Waals surface area contributed by atoms with Crippen molar-refractivity contribution in [1.29, 1.82) is 0 Å². The molecule has 0 aromatic rings. The van der Waals surface area contributed by atoms with E-state index in [2.05, 4.69) is 10.6 Å². The summed E-state index contributed by atoms with van der Waals surface area (Å²) in [7, 11) is 1.82. The largest absolute Gasteiger partial charge is 0.353 e. The van der Waals surface area contributed by atoms with E-state index in [1.807, 2.05) is 14.0 Å². The second-order valence-corrected chi connectivity index (χ2v) is 3.96. The topological polar surface area (TPSA) is 61.4 Å². The Kier molecular flexibility index (Phi) is 6.36. The summed E-state index contributed by atoms with van der Waals surface area (Å²) in [5.41, 5.74) is 0. The average Bonchev–Trinajstić information content (AvgIpc) is 2.21. The smallest absolute Gasteiger partial charge is 0.242 e. The summed E-state index contributed by atoms with van der Waals surface area (Å²) >= 11 is 0. The van der Waals surface area contributed by atoms with Crippen molar-refractivity contribution >= 4 is 24.2 Å². The molecule has 2 amide bonds. The molecule has 0 aromatic carbocycles. The zero-order chi connectivity index (χ0) is 11.4. The summed E-state index contributed by atoms with van der Waals surface area (Å²) in [5.74, 6) is -0.0960. The van der Waals surface area contributed by atoms with Crippen molar-refractivity contribution in [3.8, 4) is 0 Å². The lowest BCUT2D eigenvalue weighted by atomic mass is 10.1. The number of nitrogens with zero attached hydrogens (tertiary/aromatic N) is 1. The molecule has 0 spiro atoms. The van der Waals surface area contributed by atoms with E-state index in [9.17, 15) is 9.59 Å². The van der Waals surface area contributed by atoms with Crippen LogP contribution in [0.5, 0.6) is 0 Å². The molecule has 1 rings (SSSR count). The lowest BCUT2D eigenvalue weighted by Crippen LogP contribution is -2.57. The molecule has 1 saturated heterocycles. The summed E-state index contributed by atoms with van der Waals surface area (Å²) in [6.45, 7) is 5.45. The number of carbonyl (C=O) groups excluding carboxylic acids is 2. The number of carbonyl (C=O) groups is 2. The summed E-state index contributed by atoms with van der Waals surface area (Å²) in [4.78, 5) is 25.0. The van der Waals surface area contributed by atoms with Crippen molar-refractivity contribution < 1.29 is 9.59 Å². The Morgan fingerprint density at radius 2 is 2.31 bits per heavy atom. The molecule has 0 aliphatic carbocycles. The second-order valence-electron chi connectivity index (χ2n) is 3.96. The monoisotopic (exact) mass is 249 g/mol. The highest BCUT2D eigenvalue weighted by atomic mass is 35.5. The van der Waals surface area contributed by atoms with E-state index >= 15 is 0 Å². The Bertz CT molecular complexity index is 260. The van der Waals surface area contributed by atoms with Gasteiger partial charge in [0.1, 0.15) is 6.04 Å². The first-order valence-corrected chi connectivity index (χ1v) is 5.30. The molecule has 16 heavy (non-hydrogen) atoms. The number of piperazine rings is 1. The quantitative estimate of drug-likeness (QED) is 0.716. The Morgan fingerprint density at radius 3 is 2.88 bits per heavy atom. The number of hydrogen-bond donors (Lipinski definition) is 2. The third-order valence-electron chi connectivity index (χ3n) is 2.71. The molecule has 2 unspecified atom stereocenters. The minimum atomic E-state index is -0.342. The van der Waals surface area contributed by atoms with Crippen molar-refractivity contribution in [2.45, 2.75) is 19.9 Å². The highest BCUT2D eigenvalue weighted by Crippen LogP contribution is 2.09. The molecule has 0 bridgehead atoms. The van der Waals surface area contributed by atoms with Crippen molar-refractivity contribution in [3.05, 3.63) is 0 Å². The molecule has 2 atom stereocenters. The van der Waals surface area contributed by atoms with Gasteiger partial charge in [-0.15, -0.1) is 12.4 Å². The van der Waals surface area contributed by atoms with E-state index in [4.69, 9.17) is 0 Å². The maximum absolute atomic E-state index is 11.9. The van der Waals surface area contributed by atoms with Crippen LogP contribution in [0.2, 0.25) is 0 Å². The molecular formula is C10H20ClN3O2. The lowest BCUT2D eigenvalue weighted by molar-refractivity contribution is -0.145. The number of rotatable bonds is 3. The van der Waals surface area contributed by atoms with Gasteiger partial charge >= 0.3 is 0 Å².